The molecule has 1 atom stereocenters. The van der Waals surface area contributed by atoms with Gasteiger partial charge in [-0.1, -0.05) is 0 Å². The van der Waals surface area contributed by atoms with Gasteiger partial charge in [0.25, 0.3) is 0 Å². The minimum Gasteiger partial charge on any atom is -0.492 e. The minimum atomic E-state index is -0.723. The Hall–Kier alpha value is -1.62. The van der Waals surface area contributed by atoms with E-state index in [9.17, 15) is 9.18 Å². The number of hydrogen-bond donors (Lipinski definition) is 1. The van der Waals surface area contributed by atoms with Crippen LogP contribution in [0.25, 0.3) is 0 Å². The number of carboxylic acid groups (broad SMARTS) is 1. The van der Waals surface area contributed by atoms with Crippen LogP contribution < -0.4 is 4.74 Å². The molecule has 1 aliphatic heterocycles. The van der Waals surface area contributed by atoms with Crippen molar-refractivity contribution in [2.75, 3.05) is 26.2 Å². The second-order valence-electron chi connectivity index (χ2n) is 5.21. The lowest BCUT2D eigenvalue weighted by molar-refractivity contribution is -0.138. The highest BCUT2D eigenvalue weighted by Gasteiger charge is 2.21. The standard InChI is InChI=1S/C15H20FNO3/c16-13-3-5-14(6-4-13)20-9-8-17-7-1-2-12(11-17)10-15(18)19/h3-6,12H,1-2,7-11H2,(H,18,19). The predicted molar refractivity (Wildman–Crippen MR) is 73.3 cm³/mol. The molecule has 0 aromatic heterocycles. The molecule has 1 aromatic carbocycles. The van der Waals surface area contributed by atoms with Crippen molar-refractivity contribution in [1.29, 1.82) is 0 Å². The Balaban J connectivity index is 1.70. The third-order valence-corrected chi connectivity index (χ3v) is 3.56. The third kappa shape index (κ3) is 4.81. The Morgan fingerprint density at radius 1 is 1.40 bits per heavy atom. The van der Waals surface area contributed by atoms with E-state index in [-0.39, 0.29) is 18.2 Å². The number of halogens is 1. The lowest BCUT2D eigenvalue weighted by atomic mass is 9.95. The van der Waals surface area contributed by atoms with E-state index in [1.165, 1.54) is 12.1 Å². The van der Waals surface area contributed by atoms with Crippen LogP contribution in [0.3, 0.4) is 0 Å². The maximum absolute atomic E-state index is 12.7. The van der Waals surface area contributed by atoms with Gasteiger partial charge in [0, 0.05) is 19.5 Å². The van der Waals surface area contributed by atoms with Gasteiger partial charge < -0.3 is 9.84 Å². The molecule has 1 unspecified atom stereocenters. The molecule has 0 saturated carbocycles. The van der Waals surface area contributed by atoms with E-state index in [0.717, 1.165) is 32.5 Å². The summed E-state index contributed by atoms with van der Waals surface area (Å²) in [6.07, 6.45) is 2.27. The molecule has 5 heteroatoms. The zero-order valence-electron chi connectivity index (χ0n) is 11.4. The van der Waals surface area contributed by atoms with E-state index >= 15 is 0 Å². The molecule has 110 valence electrons. The number of aliphatic carboxylic acids is 1. The summed E-state index contributed by atoms with van der Waals surface area (Å²) in [5.74, 6) is -0.0955. The monoisotopic (exact) mass is 281 g/mol. The fraction of sp³-hybridized carbons (Fsp3) is 0.533. The van der Waals surface area contributed by atoms with Crippen LogP contribution in [0.15, 0.2) is 24.3 Å². The van der Waals surface area contributed by atoms with E-state index in [4.69, 9.17) is 9.84 Å². The number of carboxylic acids is 1. The van der Waals surface area contributed by atoms with Crippen molar-refractivity contribution in [3.05, 3.63) is 30.1 Å². The molecular weight excluding hydrogens is 261 g/mol. The molecule has 2 rings (SSSR count). The molecular formula is C15H20FNO3. The van der Waals surface area contributed by atoms with Crippen molar-refractivity contribution < 1.29 is 19.0 Å². The normalized spacial score (nSPS) is 19.8. The Labute approximate surface area is 118 Å². The van der Waals surface area contributed by atoms with E-state index in [1.807, 2.05) is 0 Å². The van der Waals surface area contributed by atoms with E-state index in [2.05, 4.69) is 4.90 Å². The second kappa shape index (κ2) is 7.24. The molecule has 4 nitrogen and oxygen atoms in total. The summed E-state index contributed by atoms with van der Waals surface area (Å²) in [4.78, 5) is 13.0. The zero-order valence-corrected chi connectivity index (χ0v) is 11.4. The molecule has 0 spiro atoms. The number of benzene rings is 1. The average molecular weight is 281 g/mol. The van der Waals surface area contributed by atoms with E-state index < -0.39 is 5.97 Å². The molecule has 1 fully saturated rings. The smallest absolute Gasteiger partial charge is 0.303 e. The fourth-order valence-electron chi connectivity index (χ4n) is 2.59. The van der Waals surface area contributed by atoms with Gasteiger partial charge in [0.15, 0.2) is 0 Å². The van der Waals surface area contributed by atoms with Gasteiger partial charge in [0.2, 0.25) is 0 Å². The predicted octanol–water partition coefficient (Wildman–Crippen LogP) is 2.39. The van der Waals surface area contributed by atoms with Crippen LogP contribution in [0, 0.1) is 11.7 Å². The molecule has 0 radical (unpaired) electrons. The van der Waals surface area contributed by atoms with Gasteiger partial charge in [-0.2, -0.15) is 0 Å². The lowest BCUT2D eigenvalue weighted by Crippen LogP contribution is -2.38. The fourth-order valence-corrected chi connectivity index (χ4v) is 2.59. The van der Waals surface area contributed by atoms with Crippen LogP contribution in [-0.2, 0) is 4.79 Å². The molecule has 1 aliphatic rings. The van der Waals surface area contributed by atoms with E-state index in [0.29, 0.717) is 12.4 Å². The summed E-state index contributed by atoms with van der Waals surface area (Å²) < 4.78 is 18.3. The van der Waals surface area contributed by atoms with Crippen molar-refractivity contribution in [3.8, 4) is 5.75 Å². The SMILES string of the molecule is O=C(O)CC1CCCN(CCOc2ccc(F)cc2)C1. The highest BCUT2D eigenvalue weighted by Crippen LogP contribution is 2.19. The van der Waals surface area contributed by atoms with Gasteiger partial charge in [0.1, 0.15) is 18.2 Å². The molecule has 1 N–H and O–H groups in total. The Morgan fingerprint density at radius 2 is 2.15 bits per heavy atom. The van der Waals surface area contributed by atoms with Crippen molar-refractivity contribution in [3.63, 3.8) is 0 Å². The maximum atomic E-state index is 12.7. The number of likely N-dealkylation sites (tertiary alicyclic amines) is 1. The Morgan fingerprint density at radius 3 is 2.85 bits per heavy atom. The number of hydrogen-bond acceptors (Lipinski definition) is 3. The number of piperidine rings is 1. The number of ether oxygens (including phenoxy) is 1. The highest BCUT2D eigenvalue weighted by molar-refractivity contribution is 5.67. The highest BCUT2D eigenvalue weighted by atomic mass is 19.1. The Kier molecular flexibility index (Phi) is 5.35. The van der Waals surface area contributed by atoms with Crippen molar-refractivity contribution in [1.82, 2.24) is 4.90 Å². The van der Waals surface area contributed by atoms with Gasteiger partial charge in [-0.05, 0) is 49.6 Å². The van der Waals surface area contributed by atoms with Crippen LogP contribution in [0.5, 0.6) is 5.75 Å². The van der Waals surface area contributed by atoms with Crippen LogP contribution >= 0.6 is 0 Å². The molecule has 0 aliphatic carbocycles. The zero-order chi connectivity index (χ0) is 14.4. The summed E-state index contributed by atoms with van der Waals surface area (Å²) in [7, 11) is 0. The summed E-state index contributed by atoms with van der Waals surface area (Å²) in [5.41, 5.74) is 0. The van der Waals surface area contributed by atoms with E-state index in [1.54, 1.807) is 12.1 Å². The average Bonchev–Trinajstić information content (AvgIpc) is 2.41. The van der Waals surface area contributed by atoms with Crippen LogP contribution in [0.2, 0.25) is 0 Å². The molecule has 0 bridgehead atoms. The van der Waals surface area contributed by atoms with Crippen molar-refractivity contribution >= 4 is 5.97 Å². The Bertz CT molecular complexity index is 435. The summed E-state index contributed by atoms with van der Waals surface area (Å²) >= 11 is 0. The van der Waals surface area contributed by atoms with Crippen LogP contribution in [-0.4, -0.2) is 42.2 Å². The first kappa shape index (κ1) is 14.8. The van der Waals surface area contributed by atoms with Gasteiger partial charge in [-0.15, -0.1) is 0 Å². The first-order chi connectivity index (χ1) is 9.63. The quantitative estimate of drug-likeness (QED) is 0.870. The maximum Gasteiger partial charge on any atom is 0.303 e. The minimum absolute atomic E-state index is 0.243. The number of rotatable bonds is 6. The summed E-state index contributed by atoms with van der Waals surface area (Å²) in [6.45, 7) is 3.11. The van der Waals surface area contributed by atoms with Crippen molar-refractivity contribution in [2.24, 2.45) is 5.92 Å². The second-order valence-corrected chi connectivity index (χ2v) is 5.21. The molecule has 1 saturated heterocycles. The van der Waals surface area contributed by atoms with Crippen LogP contribution in [0.1, 0.15) is 19.3 Å². The van der Waals surface area contributed by atoms with Crippen molar-refractivity contribution in [2.45, 2.75) is 19.3 Å². The molecule has 20 heavy (non-hydrogen) atoms. The first-order valence-corrected chi connectivity index (χ1v) is 6.96. The first-order valence-electron chi connectivity index (χ1n) is 6.96. The third-order valence-electron chi connectivity index (χ3n) is 3.56. The summed E-state index contributed by atoms with van der Waals surface area (Å²) in [6, 6.07) is 5.97. The number of carbonyl (C=O) groups is 1. The van der Waals surface area contributed by atoms with Gasteiger partial charge in [-0.25, -0.2) is 4.39 Å². The van der Waals surface area contributed by atoms with Gasteiger partial charge in [-0.3, -0.25) is 9.69 Å². The topological polar surface area (TPSA) is 49.8 Å². The molecule has 1 aromatic rings. The number of nitrogens with zero attached hydrogens (tertiary/aromatic N) is 1. The summed E-state index contributed by atoms with van der Waals surface area (Å²) in [5, 5.41) is 8.83. The van der Waals surface area contributed by atoms with Gasteiger partial charge in [0.05, 0.1) is 0 Å². The van der Waals surface area contributed by atoms with Crippen LogP contribution in [0.4, 0.5) is 4.39 Å². The molecule has 1 heterocycles. The molecule has 0 amide bonds. The van der Waals surface area contributed by atoms with Gasteiger partial charge >= 0.3 is 5.97 Å². The largest absolute Gasteiger partial charge is 0.492 e. The lowest BCUT2D eigenvalue weighted by Gasteiger charge is -2.31.